The van der Waals surface area contributed by atoms with Gasteiger partial charge in [0.1, 0.15) is 0 Å². The molecule has 3 fully saturated rings. The summed E-state index contributed by atoms with van der Waals surface area (Å²) in [6.07, 6.45) is 15.2. The molecular weight excluding hydrogens is 527 g/mol. The van der Waals surface area contributed by atoms with Crippen molar-refractivity contribution in [2.24, 2.45) is 0 Å². The van der Waals surface area contributed by atoms with E-state index >= 15 is 0 Å². The Hall–Kier alpha value is 2.44. The monoisotopic (exact) mass is 576 g/mol. The molecule has 0 N–H and O–H groups in total. The molecule has 0 aromatic carbocycles. The van der Waals surface area contributed by atoms with Crippen molar-refractivity contribution >= 4 is 37.7 Å². The zero-order valence-corrected chi connectivity index (χ0v) is 25.9. The van der Waals surface area contributed by atoms with Crippen LogP contribution >= 0.6 is 0 Å². The fourth-order valence-electron chi connectivity index (χ4n) is 1.53. The van der Waals surface area contributed by atoms with Crippen molar-refractivity contribution in [1.29, 1.82) is 0 Å². The van der Waals surface area contributed by atoms with Crippen LogP contribution in [0.5, 0.6) is 0 Å². The fraction of sp³-hybridized carbons (Fsp3) is 0.444. The molecule has 3 heterocycles. The van der Waals surface area contributed by atoms with Crippen molar-refractivity contribution < 1.29 is 55.5 Å². The molecule has 0 unspecified atom stereocenters. The SMILES string of the molecule is C1CCOC1.C1CCOC1.C1CCOC1.[CH2][CH][CH2].[CH2][CH][CH2].[CH2][CH][CH2].[CH2][CH][CH2].[CH2][CH][CH2].[Li].[Li].[Pr]. The van der Waals surface area contributed by atoms with E-state index in [9.17, 15) is 0 Å². The average Bonchev–Trinajstić information content (AvgIpc) is 3.54. The minimum Gasteiger partial charge on any atom is -0.381 e. The summed E-state index contributed by atoms with van der Waals surface area (Å²) in [4.78, 5) is 0. The molecule has 0 saturated carbocycles. The average molecular weight is 576 g/mol. The molecule has 0 atom stereocenters. The predicted octanol–water partition coefficient (Wildman–Crippen LogP) is 5.92. The Morgan fingerprint density at radius 2 is 0.424 bits per heavy atom. The second-order valence-corrected chi connectivity index (χ2v) is 5.40. The van der Waals surface area contributed by atoms with Crippen molar-refractivity contribution in [3.05, 3.63) is 101 Å². The third-order valence-corrected chi connectivity index (χ3v) is 2.48. The van der Waals surface area contributed by atoms with Crippen molar-refractivity contribution in [3.8, 4) is 0 Å². The van der Waals surface area contributed by atoms with Gasteiger partial charge in [0.05, 0.1) is 0 Å². The Labute approximate surface area is 270 Å². The first-order valence-corrected chi connectivity index (χ1v) is 10.3. The van der Waals surface area contributed by atoms with Gasteiger partial charge < -0.3 is 14.2 Å². The molecule has 3 saturated heterocycles. The van der Waals surface area contributed by atoms with Gasteiger partial charge in [0.15, 0.2) is 0 Å². The maximum absolute atomic E-state index is 4.94. The van der Waals surface area contributed by atoms with Gasteiger partial charge in [-0.2, -0.15) is 0 Å². The molecule has 0 amide bonds. The minimum absolute atomic E-state index is 0. The van der Waals surface area contributed by atoms with E-state index in [0.717, 1.165) is 39.6 Å². The predicted molar refractivity (Wildman–Crippen MR) is 147 cm³/mol. The summed E-state index contributed by atoms with van der Waals surface area (Å²) in [5, 5.41) is 0. The van der Waals surface area contributed by atoms with Gasteiger partial charge in [0.2, 0.25) is 0 Å². The first-order chi connectivity index (χ1) is 14.6. The summed E-state index contributed by atoms with van der Waals surface area (Å²) in [5.74, 6) is 0. The maximum atomic E-state index is 4.94. The topological polar surface area (TPSA) is 27.7 Å². The van der Waals surface area contributed by atoms with Crippen molar-refractivity contribution in [2.45, 2.75) is 38.5 Å². The first kappa shape index (κ1) is 55.8. The smallest absolute Gasteiger partial charge is 0.0466 e. The Bertz CT molecular complexity index is 134. The molecule has 0 spiro atoms. The summed E-state index contributed by atoms with van der Waals surface area (Å²) >= 11 is 0. The molecule has 6 heteroatoms. The Kier molecular flexibility index (Phi) is 129. The normalized spacial score (nSPS) is 13.6. The van der Waals surface area contributed by atoms with Crippen LogP contribution in [0.4, 0.5) is 0 Å². The summed E-state index contributed by atoms with van der Waals surface area (Å²) in [7, 11) is 0. The molecule has 33 heavy (non-hydrogen) atoms. The van der Waals surface area contributed by atoms with Crippen LogP contribution in [0.25, 0.3) is 0 Å². The van der Waals surface area contributed by atoms with E-state index in [0.29, 0.717) is 0 Å². The van der Waals surface area contributed by atoms with E-state index in [1.807, 2.05) is 0 Å². The Balaban J connectivity index is -0.0000000362. The molecule has 3 rings (SSSR count). The van der Waals surface area contributed by atoms with Gasteiger partial charge in [0, 0.05) is 119 Å². The molecule has 180 valence electrons. The maximum Gasteiger partial charge on any atom is 0.0466 e. The molecule has 3 nitrogen and oxygen atoms in total. The number of hydrogen-bond acceptors (Lipinski definition) is 3. The largest absolute Gasteiger partial charge is 0.381 e. The summed E-state index contributed by atoms with van der Waals surface area (Å²) in [5.41, 5.74) is 0. The minimum atomic E-state index is 0. The van der Waals surface area contributed by atoms with Crippen molar-refractivity contribution in [3.63, 3.8) is 0 Å². The van der Waals surface area contributed by atoms with Gasteiger partial charge in [-0.25, -0.2) is 0 Å². The van der Waals surface area contributed by atoms with Gasteiger partial charge in [-0.3, -0.25) is 0 Å². The van der Waals surface area contributed by atoms with Crippen LogP contribution in [0, 0.1) is 143 Å². The second kappa shape index (κ2) is 76.5. The molecule has 0 aromatic heterocycles. The van der Waals surface area contributed by atoms with Crippen LogP contribution in [-0.2, 0) is 14.2 Å². The molecule has 0 aliphatic carbocycles. The van der Waals surface area contributed by atoms with Gasteiger partial charge in [0.25, 0.3) is 0 Å². The van der Waals surface area contributed by atoms with E-state index in [2.05, 4.69) is 69.2 Å². The van der Waals surface area contributed by atoms with Crippen LogP contribution in [-0.4, -0.2) is 77.4 Å². The third-order valence-electron chi connectivity index (χ3n) is 2.48. The Morgan fingerprint density at radius 1 is 0.333 bits per heavy atom. The van der Waals surface area contributed by atoms with Gasteiger partial charge >= 0.3 is 0 Å². The molecular formula is C27H49Li2O3Pr. The quantitative estimate of drug-likeness (QED) is 0.335. The number of rotatable bonds is 0. The van der Waals surface area contributed by atoms with Gasteiger partial charge in [-0.05, 0) is 140 Å². The van der Waals surface area contributed by atoms with Gasteiger partial charge in [-0.15, -0.1) is 0 Å². The van der Waals surface area contributed by atoms with Crippen LogP contribution in [0.3, 0.4) is 0 Å². The van der Waals surface area contributed by atoms with E-state index < -0.39 is 0 Å². The first-order valence-electron chi connectivity index (χ1n) is 10.3. The Morgan fingerprint density at radius 3 is 0.455 bits per heavy atom. The van der Waals surface area contributed by atoms with Crippen LogP contribution in [0.2, 0.25) is 0 Å². The van der Waals surface area contributed by atoms with Crippen LogP contribution < -0.4 is 0 Å². The summed E-state index contributed by atoms with van der Waals surface area (Å²) in [6, 6.07) is 0. The summed E-state index contributed by atoms with van der Waals surface area (Å²) in [6.45, 7) is 38.5. The molecule has 18 radical (unpaired) electrons. The van der Waals surface area contributed by atoms with Crippen molar-refractivity contribution in [1.82, 2.24) is 0 Å². The number of hydrogen-bond donors (Lipinski definition) is 0. The summed E-state index contributed by atoms with van der Waals surface area (Å²) < 4.78 is 14.8. The van der Waals surface area contributed by atoms with E-state index in [-0.39, 0.29) is 79.0 Å². The van der Waals surface area contributed by atoms with Crippen LogP contribution in [0.15, 0.2) is 0 Å². The van der Waals surface area contributed by atoms with Crippen LogP contribution in [0.1, 0.15) is 38.5 Å². The molecule has 3 aliphatic rings. The zero-order chi connectivity index (χ0) is 24.1. The standard InChI is InChI=1S/3C4H8O.5C3H5.2Li.Pr/c3*1-2-4-5-3-1;5*1-3-2;;;/h3*1-4H2;5*3H,1-2H2;;;. The second-order valence-electron chi connectivity index (χ2n) is 5.40. The third kappa shape index (κ3) is 119. The van der Waals surface area contributed by atoms with E-state index in [1.165, 1.54) is 70.6 Å². The fourth-order valence-corrected chi connectivity index (χ4v) is 1.53. The number of ether oxygens (including phenoxy) is 3. The van der Waals surface area contributed by atoms with Gasteiger partial charge in [-0.1, -0.05) is 0 Å². The van der Waals surface area contributed by atoms with Crippen molar-refractivity contribution in [2.75, 3.05) is 39.6 Å². The van der Waals surface area contributed by atoms with E-state index in [1.54, 1.807) is 0 Å². The molecule has 0 bridgehead atoms. The molecule has 0 aromatic rings. The van der Waals surface area contributed by atoms with E-state index in [4.69, 9.17) is 14.2 Å². The zero-order valence-electron chi connectivity index (χ0n) is 22.2. The molecule has 3 aliphatic heterocycles.